The topological polar surface area (TPSA) is 66.4 Å². The molecule has 2 aliphatic rings. The Bertz CT molecular complexity index is 1420. The molecule has 40 heavy (non-hydrogen) atoms. The maximum Gasteiger partial charge on any atom is 0.326 e. The molecule has 1 N–H and O–H groups in total. The molecule has 3 aromatic carbocycles. The summed E-state index contributed by atoms with van der Waals surface area (Å²) in [6, 6.07) is 19.7. The molecule has 7 nitrogen and oxygen atoms in total. The molecule has 0 aromatic heterocycles. The van der Waals surface area contributed by atoms with Crippen LogP contribution in [0.5, 0.6) is 11.5 Å². The molecule has 2 aliphatic heterocycles. The minimum Gasteiger partial charge on any atom is -0.497 e. The molecule has 2 heterocycles. The molecule has 3 aromatic rings. The molecule has 2 amide bonds. The summed E-state index contributed by atoms with van der Waals surface area (Å²) in [5, 5.41) is 4.48. The number of amidine groups is 1. The van der Waals surface area contributed by atoms with Crippen LogP contribution in [0, 0.1) is 0 Å². The fourth-order valence-corrected chi connectivity index (χ4v) is 5.32. The lowest BCUT2D eigenvalue weighted by Gasteiger charge is -2.37. The van der Waals surface area contributed by atoms with Crippen LogP contribution in [0.4, 0.5) is 4.79 Å². The van der Waals surface area contributed by atoms with Crippen molar-refractivity contribution in [1.82, 2.24) is 15.1 Å². The summed E-state index contributed by atoms with van der Waals surface area (Å²) in [4.78, 5) is 23.3. The van der Waals surface area contributed by atoms with Gasteiger partial charge in [0, 0.05) is 34.9 Å². The quantitative estimate of drug-likeness (QED) is 0.346. The second kappa shape index (κ2) is 11.8. The van der Waals surface area contributed by atoms with Gasteiger partial charge < -0.3 is 19.7 Å². The minimum atomic E-state index is -0.446. The Labute approximate surface area is 245 Å². The average Bonchev–Trinajstić information content (AvgIpc) is 3.33. The minimum absolute atomic E-state index is 0.104. The number of halogens is 2. The van der Waals surface area contributed by atoms with Crippen molar-refractivity contribution in [2.75, 3.05) is 26.7 Å². The van der Waals surface area contributed by atoms with Gasteiger partial charge in [0.2, 0.25) is 0 Å². The smallest absolute Gasteiger partial charge is 0.326 e. The Morgan fingerprint density at radius 3 is 2.27 bits per heavy atom. The zero-order valence-electron chi connectivity index (χ0n) is 22.7. The van der Waals surface area contributed by atoms with Crippen molar-refractivity contribution in [1.29, 1.82) is 0 Å². The Balaban J connectivity index is 1.71. The number of methoxy groups -OCH3 is 1. The SMILES string of the molecule is C=C1CN(C(=O)N2C(c3ccc(OC)cc3OC(C)C)=NC(c3ccc(Cl)cc3)C2c2ccc(Cl)cc2)CCN1. The number of carbonyl (C=O) groups excluding carboxylic acids is 1. The van der Waals surface area contributed by atoms with Gasteiger partial charge in [-0.05, 0) is 61.4 Å². The van der Waals surface area contributed by atoms with Crippen LogP contribution in [0.2, 0.25) is 10.0 Å². The molecular weight excluding hydrogens is 547 g/mol. The van der Waals surface area contributed by atoms with Crippen molar-refractivity contribution >= 4 is 35.1 Å². The molecule has 5 rings (SSSR count). The predicted molar refractivity (Wildman–Crippen MR) is 160 cm³/mol. The fourth-order valence-electron chi connectivity index (χ4n) is 5.07. The molecule has 2 unspecified atom stereocenters. The monoisotopic (exact) mass is 578 g/mol. The first kappa shape index (κ1) is 27.9. The highest BCUT2D eigenvalue weighted by Crippen LogP contribution is 2.46. The van der Waals surface area contributed by atoms with E-state index >= 15 is 0 Å². The third-order valence-corrected chi connectivity index (χ3v) is 7.40. The number of amides is 2. The summed E-state index contributed by atoms with van der Waals surface area (Å²) in [5.74, 6) is 1.76. The number of nitrogens with one attached hydrogen (secondary N) is 1. The van der Waals surface area contributed by atoms with Crippen LogP contribution >= 0.6 is 23.2 Å². The predicted octanol–water partition coefficient (Wildman–Crippen LogP) is 6.87. The fraction of sp³-hybridized carbons (Fsp3) is 0.290. The van der Waals surface area contributed by atoms with Gasteiger partial charge in [-0.3, -0.25) is 9.89 Å². The lowest BCUT2D eigenvalue weighted by Crippen LogP contribution is -2.52. The van der Waals surface area contributed by atoms with Crippen molar-refractivity contribution in [3.8, 4) is 11.5 Å². The third kappa shape index (κ3) is 5.76. The number of piperazine rings is 1. The first-order valence-electron chi connectivity index (χ1n) is 13.2. The molecule has 0 bridgehead atoms. The maximum absolute atomic E-state index is 14.5. The van der Waals surface area contributed by atoms with Gasteiger partial charge in [0.25, 0.3) is 0 Å². The van der Waals surface area contributed by atoms with E-state index < -0.39 is 12.1 Å². The largest absolute Gasteiger partial charge is 0.497 e. The Kier molecular flexibility index (Phi) is 8.24. The van der Waals surface area contributed by atoms with Crippen molar-refractivity contribution in [3.05, 3.63) is 106 Å². The Morgan fingerprint density at radius 1 is 1.02 bits per heavy atom. The summed E-state index contributed by atoms with van der Waals surface area (Å²) in [6.45, 7) is 9.55. The number of benzene rings is 3. The summed E-state index contributed by atoms with van der Waals surface area (Å²) in [7, 11) is 1.61. The van der Waals surface area contributed by atoms with Crippen LogP contribution in [-0.2, 0) is 0 Å². The summed E-state index contributed by atoms with van der Waals surface area (Å²) < 4.78 is 11.7. The van der Waals surface area contributed by atoms with Crippen molar-refractivity contribution in [2.24, 2.45) is 4.99 Å². The van der Waals surface area contributed by atoms with Crippen LogP contribution in [0.15, 0.2) is 84.0 Å². The standard InChI is InChI=1S/C31H32Cl2N4O3/c1-19(2)40-27-17-25(39-4)13-14-26(27)30-35-28(21-5-9-23(32)10-6-21)29(22-7-11-24(33)12-8-22)37(30)31(38)36-16-15-34-20(3)18-36/h5-14,17,19,28-29,34H,3,15-16,18H2,1-2,4H3. The van der Waals surface area contributed by atoms with Crippen molar-refractivity contribution in [2.45, 2.75) is 32.0 Å². The molecule has 1 fully saturated rings. The summed E-state index contributed by atoms with van der Waals surface area (Å²) >= 11 is 12.5. The van der Waals surface area contributed by atoms with E-state index in [1.54, 1.807) is 16.9 Å². The molecule has 0 radical (unpaired) electrons. The third-order valence-electron chi connectivity index (χ3n) is 6.90. The number of aliphatic imine (C=N–C) groups is 1. The Hall–Kier alpha value is -3.68. The highest BCUT2D eigenvalue weighted by atomic mass is 35.5. The van der Waals surface area contributed by atoms with Crippen LogP contribution in [0.3, 0.4) is 0 Å². The number of hydrogen-bond acceptors (Lipinski definition) is 5. The summed E-state index contributed by atoms with van der Waals surface area (Å²) in [5.41, 5.74) is 3.34. The van der Waals surface area contributed by atoms with E-state index in [2.05, 4.69) is 11.9 Å². The highest BCUT2D eigenvalue weighted by Gasteiger charge is 2.45. The van der Waals surface area contributed by atoms with Crippen LogP contribution in [0.25, 0.3) is 0 Å². The van der Waals surface area contributed by atoms with Crippen LogP contribution in [0.1, 0.15) is 42.6 Å². The lowest BCUT2D eigenvalue weighted by atomic mass is 9.93. The van der Waals surface area contributed by atoms with E-state index in [1.165, 1.54) is 0 Å². The number of carbonyl (C=O) groups is 1. The Morgan fingerprint density at radius 2 is 1.68 bits per heavy atom. The number of urea groups is 1. The second-order valence-electron chi connectivity index (χ2n) is 10.1. The van der Waals surface area contributed by atoms with Gasteiger partial charge in [-0.1, -0.05) is 54.0 Å². The van der Waals surface area contributed by atoms with Gasteiger partial charge in [-0.25, -0.2) is 4.79 Å². The zero-order valence-corrected chi connectivity index (χ0v) is 24.2. The lowest BCUT2D eigenvalue weighted by molar-refractivity contribution is 0.162. The first-order valence-corrected chi connectivity index (χ1v) is 13.9. The van der Waals surface area contributed by atoms with Gasteiger partial charge in [0.1, 0.15) is 23.4 Å². The zero-order chi connectivity index (χ0) is 28.4. The number of nitrogens with zero attached hydrogens (tertiary/aromatic N) is 3. The normalized spacial score (nSPS) is 18.9. The summed E-state index contributed by atoms with van der Waals surface area (Å²) in [6.07, 6.45) is -0.104. The van der Waals surface area contributed by atoms with E-state index in [-0.39, 0.29) is 12.1 Å². The second-order valence-corrected chi connectivity index (χ2v) is 11.0. The number of ether oxygens (including phenoxy) is 2. The number of hydrogen-bond donors (Lipinski definition) is 1. The number of rotatable bonds is 6. The van der Waals surface area contributed by atoms with Crippen LogP contribution in [-0.4, -0.2) is 54.5 Å². The van der Waals surface area contributed by atoms with Gasteiger partial charge in [-0.2, -0.15) is 0 Å². The van der Waals surface area contributed by atoms with Crippen LogP contribution < -0.4 is 14.8 Å². The average molecular weight is 580 g/mol. The maximum atomic E-state index is 14.5. The van der Waals surface area contributed by atoms with E-state index in [4.69, 9.17) is 37.7 Å². The molecule has 208 valence electrons. The van der Waals surface area contributed by atoms with Crippen molar-refractivity contribution < 1.29 is 14.3 Å². The molecular formula is C31H32Cl2N4O3. The molecule has 9 heteroatoms. The van der Waals surface area contributed by atoms with Crippen molar-refractivity contribution in [3.63, 3.8) is 0 Å². The molecule has 0 saturated carbocycles. The van der Waals surface area contributed by atoms with Gasteiger partial charge >= 0.3 is 6.03 Å². The molecule has 0 spiro atoms. The van der Waals surface area contributed by atoms with E-state index in [0.29, 0.717) is 52.6 Å². The molecule has 2 atom stereocenters. The van der Waals surface area contributed by atoms with E-state index in [9.17, 15) is 4.79 Å². The first-order chi connectivity index (χ1) is 19.2. The highest BCUT2D eigenvalue weighted by molar-refractivity contribution is 6.30. The van der Waals surface area contributed by atoms with Gasteiger partial charge in [-0.15, -0.1) is 0 Å². The van der Waals surface area contributed by atoms with E-state index in [1.807, 2.05) is 80.6 Å². The van der Waals surface area contributed by atoms with Gasteiger partial charge in [0.15, 0.2) is 0 Å². The molecule has 1 saturated heterocycles. The van der Waals surface area contributed by atoms with Gasteiger partial charge in [0.05, 0.1) is 31.4 Å². The molecule has 0 aliphatic carbocycles. The van der Waals surface area contributed by atoms with E-state index in [0.717, 1.165) is 16.8 Å².